The van der Waals surface area contributed by atoms with E-state index in [2.05, 4.69) is 26.0 Å². The molecule has 5 aliphatic rings. The summed E-state index contributed by atoms with van der Waals surface area (Å²) in [6, 6.07) is 8.23. The Bertz CT molecular complexity index is 1300. The monoisotopic (exact) mass is 471 g/mol. The number of ketones is 1. The van der Waals surface area contributed by atoms with Crippen LogP contribution in [0.1, 0.15) is 90.2 Å². The minimum Gasteiger partial charge on any atom is -0.444 e. The van der Waals surface area contributed by atoms with Crippen LogP contribution in [0.15, 0.2) is 41.0 Å². The molecule has 3 heterocycles. The molecular formula is C29H33N3O3. The zero-order valence-electron chi connectivity index (χ0n) is 21.1. The van der Waals surface area contributed by atoms with E-state index in [1.54, 1.807) is 0 Å². The molecule has 6 nitrogen and oxygen atoms in total. The molecule has 3 aliphatic heterocycles. The smallest absolute Gasteiger partial charge is 0.248 e. The van der Waals surface area contributed by atoms with Crippen molar-refractivity contribution in [2.45, 2.75) is 95.4 Å². The Morgan fingerprint density at radius 3 is 2.40 bits per heavy atom. The highest BCUT2D eigenvalue weighted by Gasteiger charge is 2.67. The van der Waals surface area contributed by atoms with Crippen molar-refractivity contribution in [1.82, 2.24) is 0 Å². The van der Waals surface area contributed by atoms with E-state index in [0.717, 1.165) is 55.3 Å². The van der Waals surface area contributed by atoms with E-state index in [1.807, 2.05) is 30.9 Å². The molecule has 1 atom stereocenters. The lowest BCUT2D eigenvalue weighted by molar-refractivity contribution is -0.127. The highest BCUT2D eigenvalue weighted by molar-refractivity contribution is 6.21. The highest BCUT2D eigenvalue weighted by Crippen LogP contribution is 2.64. The normalized spacial score (nSPS) is 29.7. The van der Waals surface area contributed by atoms with Crippen LogP contribution in [0.4, 0.5) is 5.69 Å². The number of allylic oxidation sites excluding steroid dienone is 1. The van der Waals surface area contributed by atoms with Gasteiger partial charge >= 0.3 is 0 Å². The zero-order valence-corrected chi connectivity index (χ0v) is 21.1. The number of hydrogen-bond donors (Lipinski definition) is 1. The van der Waals surface area contributed by atoms with Crippen LogP contribution in [0.2, 0.25) is 0 Å². The molecule has 1 saturated carbocycles. The summed E-state index contributed by atoms with van der Waals surface area (Å²) in [6.45, 7) is 8.55. The molecule has 6 heteroatoms. The van der Waals surface area contributed by atoms with Gasteiger partial charge in [-0.05, 0) is 35.7 Å². The molecule has 182 valence electrons. The first-order chi connectivity index (χ1) is 16.5. The van der Waals surface area contributed by atoms with Gasteiger partial charge in [-0.1, -0.05) is 65.2 Å². The molecule has 2 aliphatic carbocycles. The molecule has 0 saturated heterocycles. The summed E-state index contributed by atoms with van der Waals surface area (Å²) in [6.07, 6.45) is 6.81. The number of Topliss-reactive ketones (excluding diaryl/α,β-unsaturated/α-hetero) is 1. The van der Waals surface area contributed by atoms with Crippen molar-refractivity contribution < 1.29 is 14.3 Å². The first-order valence-corrected chi connectivity index (χ1v) is 12.8. The summed E-state index contributed by atoms with van der Waals surface area (Å²) >= 11 is 0. The van der Waals surface area contributed by atoms with Gasteiger partial charge < -0.3 is 15.4 Å². The van der Waals surface area contributed by atoms with Crippen molar-refractivity contribution in [1.29, 1.82) is 5.26 Å². The van der Waals surface area contributed by atoms with Crippen LogP contribution in [0, 0.1) is 16.7 Å². The van der Waals surface area contributed by atoms with Gasteiger partial charge in [0.05, 0.1) is 11.3 Å². The number of anilines is 1. The number of nitriles is 1. The molecule has 1 unspecified atom stereocenters. The molecule has 0 bridgehead atoms. The number of hydrogen-bond acceptors (Lipinski definition) is 5. The fraction of sp³-hybridized carbons (Fsp3) is 0.552. The number of nitrogens with two attached hydrogens (primary N) is 1. The molecule has 1 aromatic rings. The van der Waals surface area contributed by atoms with Gasteiger partial charge in [0.25, 0.3) is 0 Å². The third kappa shape index (κ3) is 2.64. The Morgan fingerprint density at radius 2 is 1.71 bits per heavy atom. The first kappa shape index (κ1) is 22.4. The van der Waals surface area contributed by atoms with Gasteiger partial charge in [-0.25, -0.2) is 0 Å². The minimum atomic E-state index is -1.53. The first-order valence-electron chi connectivity index (χ1n) is 12.8. The molecule has 6 rings (SSSR count). The van der Waals surface area contributed by atoms with Crippen LogP contribution in [0.5, 0.6) is 0 Å². The maximum Gasteiger partial charge on any atom is 0.248 e. The third-order valence-electron chi connectivity index (χ3n) is 9.12. The fourth-order valence-electron chi connectivity index (χ4n) is 7.96. The summed E-state index contributed by atoms with van der Waals surface area (Å²) in [4.78, 5) is 30.8. The van der Waals surface area contributed by atoms with Crippen LogP contribution >= 0.6 is 0 Å². The SMILES string of the molecule is CC1(C)CC(=O)C2=C(C1)OC(N)=C(C#N)C21C(=O)N2c3c(cccc31)C(C)(C)CC21CCCCC1. The summed E-state index contributed by atoms with van der Waals surface area (Å²) < 4.78 is 5.97. The lowest BCUT2D eigenvalue weighted by Crippen LogP contribution is -2.60. The van der Waals surface area contributed by atoms with Gasteiger partial charge in [0.2, 0.25) is 11.8 Å². The average Bonchev–Trinajstić information content (AvgIpc) is 3.01. The van der Waals surface area contributed by atoms with E-state index in [4.69, 9.17) is 10.5 Å². The maximum atomic E-state index is 15.0. The van der Waals surface area contributed by atoms with Crippen LogP contribution < -0.4 is 10.6 Å². The Labute approximate surface area is 206 Å². The average molecular weight is 472 g/mol. The second kappa shape index (κ2) is 6.78. The number of para-hydroxylation sites is 1. The number of carbonyl (C=O) groups is 2. The van der Waals surface area contributed by atoms with Crippen molar-refractivity contribution >= 4 is 17.4 Å². The molecule has 0 radical (unpaired) electrons. The van der Waals surface area contributed by atoms with Gasteiger partial charge in [0.15, 0.2) is 5.78 Å². The van der Waals surface area contributed by atoms with E-state index in [-0.39, 0.29) is 39.5 Å². The number of fused-ring (bicyclic) bond motifs is 3. The zero-order chi connectivity index (χ0) is 25.0. The summed E-state index contributed by atoms with van der Waals surface area (Å²) in [7, 11) is 0. The largest absolute Gasteiger partial charge is 0.444 e. The van der Waals surface area contributed by atoms with Crippen molar-refractivity contribution in [3.63, 3.8) is 0 Å². The summed E-state index contributed by atoms with van der Waals surface area (Å²) in [5.74, 6) is 0.0740. The number of benzene rings is 1. The van der Waals surface area contributed by atoms with E-state index >= 15 is 0 Å². The van der Waals surface area contributed by atoms with Gasteiger partial charge in [-0.2, -0.15) is 5.26 Å². The topological polar surface area (TPSA) is 96.4 Å². The Hall–Kier alpha value is -3.07. The lowest BCUT2D eigenvalue weighted by Gasteiger charge is -2.54. The number of carbonyl (C=O) groups excluding carboxylic acids is 2. The van der Waals surface area contributed by atoms with Crippen molar-refractivity contribution in [3.8, 4) is 6.07 Å². The quantitative estimate of drug-likeness (QED) is 0.573. The number of rotatable bonds is 0. The van der Waals surface area contributed by atoms with Crippen LogP contribution in [-0.2, 0) is 25.2 Å². The van der Waals surface area contributed by atoms with E-state index in [1.165, 1.54) is 0 Å². The predicted octanol–water partition coefficient (Wildman–Crippen LogP) is 5.02. The second-order valence-electron chi connectivity index (χ2n) is 12.6. The van der Waals surface area contributed by atoms with Crippen molar-refractivity contribution in [2.24, 2.45) is 11.1 Å². The van der Waals surface area contributed by atoms with Gasteiger partial charge in [0, 0.05) is 23.9 Å². The van der Waals surface area contributed by atoms with Crippen LogP contribution in [0.3, 0.4) is 0 Å². The molecular weight excluding hydrogens is 438 g/mol. The predicted molar refractivity (Wildman–Crippen MR) is 132 cm³/mol. The van der Waals surface area contributed by atoms with Crippen molar-refractivity contribution in [2.75, 3.05) is 4.90 Å². The standard InChI is InChI=1S/C29H33N3O3/c1-26(2)13-20(33)22-21(14-26)35-24(31)19(15-30)29(22)18-10-8-9-17-23(18)32(25(29)34)28(16-27(17,3)4)11-6-5-7-12-28/h8-10H,5-7,11-14,16,31H2,1-4H3. The van der Waals surface area contributed by atoms with E-state index in [9.17, 15) is 14.9 Å². The number of nitrogens with zero attached hydrogens (tertiary/aromatic N) is 2. The Balaban J connectivity index is 1.72. The Morgan fingerprint density at radius 1 is 1.03 bits per heavy atom. The maximum absolute atomic E-state index is 15.0. The highest BCUT2D eigenvalue weighted by atomic mass is 16.5. The molecule has 1 aromatic carbocycles. The summed E-state index contributed by atoms with van der Waals surface area (Å²) in [5, 5.41) is 10.4. The van der Waals surface area contributed by atoms with Crippen LogP contribution in [0.25, 0.3) is 0 Å². The second-order valence-corrected chi connectivity index (χ2v) is 12.6. The molecule has 35 heavy (non-hydrogen) atoms. The number of amides is 1. The van der Waals surface area contributed by atoms with Crippen molar-refractivity contribution in [3.05, 3.63) is 52.1 Å². The minimum absolute atomic E-state index is 0.0560. The Kier molecular flexibility index (Phi) is 4.34. The third-order valence-corrected chi connectivity index (χ3v) is 9.12. The van der Waals surface area contributed by atoms with Crippen LogP contribution in [-0.4, -0.2) is 17.2 Å². The fourth-order valence-corrected chi connectivity index (χ4v) is 7.96. The lowest BCUT2D eigenvalue weighted by atomic mass is 9.62. The van der Waals surface area contributed by atoms with Gasteiger partial charge in [0.1, 0.15) is 22.8 Å². The number of ether oxygens (including phenoxy) is 1. The van der Waals surface area contributed by atoms with Gasteiger partial charge in [-0.15, -0.1) is 0 Å². The molecule has 1 amide bonds. The molecule has 0 aromatic heterocycles. The summed E-state index contributed by atoms with van der Waals surface area (Å²) in [5.41, 5.74) is 7.18. The molecule has 1 fully saturated rings. The van der Waals surface area contributed by atoms with Gasteiger partial charge in [-0.3, -0.25) is 9.59 Å². The molecule has 2 N–H and O–H groups in total. The van der Waals surface area contributed by atoms with E-state index < -0.39 is 5.41 Å². The van der Waals surface area contributed by atoms with E-state index in [0.29, 0.717) is 24.2 Å². The molecule has 2 spiro atoms.